The van der Waals surface area contributed by atoms with Crippen molar-refractivity contribution < 1.29 is 19.5 Å². The van der Waals surface area contributed by atoms with Crippen molar-refractivity contribution in [1.82, 2.24) is 0 Å². The molecule has 0 fully saturated rings. The zero-order valence-corrected chi connectivity index (χ0v) is 20.9. The molecule has 184 valence electrons. The van der Waals surface area contributed by atoms with Gasteiger partial charge in [-0.15, -0.1) is 0 Å². The molecular formula is C28H50NO3+. The topological polar surface area (TPSA) is 57.5 Å². The number of unbranched alkanes of at least 4 members (excludes halogenated alkanes) is 13. The number of hydrogen-bond acceptors (Lipinski definition) is 2. The van der Waals surface area contributed by atoms with E-state index in [2.05, 4.69) is 6.92 Å². The maximum Gasteiger partial charge on any atom is 0.359 e. The fourth-order valence-corrected chi connectivity index (χ4v) is 4.71. The van der Waals surface area contributed by atoms with Gasteiger partial charge in [-0.1, -0.05) is 127 Å². The molecule has 0 amide bonds. The van der Waals surface area contributed by atoms with Gasteiger partial charge in [0, 0.05) is 5.56 Å². The van der Waals surface area contributed by atoms with Gasteiger partial charge < -0.3 is 14.7 Å². The lowest BCUT2D eigenvalue weighted by Gasteiger charge is -2.35. The Bertz CT molecular complexity index is 577. The molecule has 0 radical (unpaired) electrons. The molecular weight excluding hydrogens is 398 g/mol. The molecule has 1 aromatic carbocycles. The van der Waals surface area contributed by atoms with Crippen LogP contribution in [0.2, 0.25) is 0 Å². The van der Waals surface area contributed by atoms with Gasteiger partial charge in [-0.05, 0) is 6.42 Å². The molecule has 2 atom stereocenters. The fourth-order valence-electron chi connectivity index (χ4n) is 4.71. The van der Waals surface area contributed by atoms with Crippen LogP contribution in [0, 0.1) is 0 Å². The minimum Gasteiger partial charge on any atom is -0.477 e. The summed E-state index contributed by atoms with van der Waals surface area (Å²) < 4.78 is 0.332. The Morgan fingerprint density at radius 2 is 1.28 bits per heavy atom. The van der Waals surface area contributed by atoms with Crippen molar-refractivity contribution in [1.29, 1.82) is 0 Å². The first kappa shape index (κ1) is 28.6. The van der Waals surface area contributed by atoms with Gasteiger partial charge in [-0.3, -0.25) is 0 Å². The highest BCUT2D eigenvalue weighted by molar-refractivity contribution is 5.67. The zero-order chi connectivity index (χ0) is 23.5. The first-order valence-electron chi connectivity index (χ1n) is 13.2. The molecule has 0 heterocycles. The summed E-state index contributed by atoms with van der Waals surface area (Å²) in [5.41, 5.74) is 1.11. The van der Waals surface area contributed by atoms with E-state index in [-0.39, 0.29) is 6.54 Å². The molecule has 0 aliphatic heterocycles. The molecule has 0 aliphatic carbocycles. The number of quaternary nitrogens is 1. The summed E-state index contributed by atoms with van der Waals surface area (Å²) in [5, 5.41) is 19.9. The van der Waals surface area contributed by atoms with Gasteiger partial charge in [0.1, 0.15) is 19.2 Å². The van der Waals surface area contributed by atoms with E-state index in [4.69, 9.17) is 0 Å². The predicted molar refractivity (Wildman–Crippen MR) is 135 cm³/mol. The van der Waals surface area contributed by atoms with Crippen molar-refractivity contribution in [3.05, 3.63) is 35.9 Å². The number of likely N-dealkylation sites (N-methyl/N-ethyl adjacent to an activating group) is 1. The van der Waals surface area contributed by atoms with Crippen LogP contribution in [0.4, 0.5) is 0 Å². The third kappa shape index (κ3) is 15.4. The van der Waals surface area contributed by atoms with E-state index in [0.717, 1.165) is 24.8 Å². The average molecular weight is 449 g/mol. The highest BCUT2D eigenvalue weighted by atomic mass is 16.4. The molecule has 32 heavy (non-hydrogen) atoms. The first-order valence-corrected chi connectivity index (χ1v) is 13.2. The second-order valence-electron chi connectivity index (χ2n) is 10.0. The van der Waals surface area contributed by atoms with E-state index in [1.165, 1.54) is 77.0 Å². The van der Waals surface area contributed by atoms with Crippen LogP contribution in [-0.4, -0.2) is 46.9 Å². The van der Waals surface area contributed by atoms with Crippen molar-refractivity contribution in [3.63, 3.8) is 0 Å². The van der Waals surface area contributed by atoms with Crippen LogP contribution in [0.1, 0.15) is 109 Å². The smallest absolute Gasteiger partial charge is 0.359 e. The van der Waals surface area contributed by atoms with E-state index >= 15 is 0 Å². The number of aliphatic hydroxyl groups is 1. The molecule has 0 aliphatic rings. The van der Waals surface area contributed by atoms with Crippen molar-refractivity contribution >= 4 is 5.97 Å². The summed E-state index contributed by atoms with van der Waals surface area (Å²) in [6.45, 7) is 3.42. The monoisotopic (exact) mass is 448 g/mol. The Balaban J connectivity index is 2.09. The van der Waals surface area contributed by atoms with Gasteiger partial charge in [-0.2, -0.15) is 0 Å². The van der Waals surface area contributed by atoms with Gasteiger partial charge in [0.25, 0.3) is 0 Å². The zero-order valence-electron chi connectivity index (χ0n) is 20.9. The lowest BCUT2D eigenvalue weighted by Crippen LogP contribution is -2.51. The Hall–Kier alpha value is -1.39. The van der Waals surface area contributed by atoms with E-state index in [1.807, 2.05) is 37.4 Å². The summed E-state index contributed by atoms with van der Waals surface area (Å²) in [6.07, 6.45) is 18.9. The number of hydrogen-bond donors (Lipinski definition) is 2. The molecule has 0 saturated carbocycles. The maximum atomic E-state index is 11.4. The quantitative estimate of drug-likeness (QED) is 0.158. The fraction of sp³-hybridized carbons (Fsp3) is 0.750. The number of aliphatic hydroxyl groups excluding tert-OH is 1. The number of aliphatic carboxylic acids is 1. The lowest BCUT2D eigenvalue weighted by atomic mass is 10.0. The largest absolute Gasteiger partial charge is 0.477 e. The van der Waals surface area contributed by atoms with Crippen LogP contribution in [-0.2, 0) is 11.3 Å². The minimum absolute atomic E-state index is 0.0324. The number of carbonyl (C=O) groups is 1. The van der Waals surface area contributed by atoms with Gasteiger partial charge in [-0.25, -0.2) is 4.79 Å². The summed E-state index contributed by atoms with van der Waals surface area (Å²) >= 11 is 0. The van der Waals surface area contributed by atoms with E-state index in [1.54, 1.807) is 0 Å². The van der Waals surface area contributed by atoms with Crippen molar-refractivity contribution in [3.8, 4) is 0 Å². The van der Waals surface area contributed by atoms with E-state index in [0.29, 0.717) is 17.6 Å². The van der Waals surface area contributed by atoms with Crippen LogP contribution in [0.3, 0.4) is 0 Å². The van der Waals surface area contributed by atoms with Crippen molar-refractivity contribution in [2.75, 3.05) is 20.1 Å². The Morgan fingerprint density at radius 3 is 1.75 bits per heavy atom. The molecule has 0 spiro atoms. The lowest BCUT2D eigenvalue weighted by molar-refractivity contribution is -0.918. The molecule has 4 nitrogen and oxygen atoms in total. The summed E-state index contributed by atoms with van der Waals surface area (Å²) in [5.74, 6) is -0.813. The summed E-state index contributed by atoms with van der Waals surface area (Å²) in [7, 11) is 1.94. The van der Waals surface area contributed by atoms with Gasteiger partial charge in [0.05, 0.1) is 7.05 Å². The molecule has 2 N–H and O–H groups in total. The molecule has 2 unspecified atom stereocenters. The molecule has 4 heteroatoms. The highest BCUT2D eigenvalue weighted by Crippen LogP contribution is 2.17. The van der Waals surface area contributed by atoms with Gasteiger partial charge in [0.15, 0.2) is 6.54 Å². The van der Waals surface area contributed by atoms with Crippen LogP contribution >= 0.6 is 0 Å². The summed E-state index contributed by atoms with van der Waals surface area (Å²) in [6, 6.07) is 9.98. The third-order valence-corrected chi connectivity index (χ3v) is 6.47. The highest BCUT2D eigenvalue weighted by Gasteiger charge is 2.28. The second-order valence-corrected chi connectivity index (χ2v) is 10.0. The number of benzene rings is 1. The van der Waals surface area contributed by atoms with Gasteiger partial charge >= 0.3 is 5.97 Å². The predicted octanol–water partition coefficient (Wildman–Crippen LogP) is 6.95. The average Bonchev–Trinajstić information content (AvgIpc) is 2.73. The normalized spacial score (nSPS) is 14.2. The summed E-state index contributed by atoms with van der Waals surface area (Å²) in [4.78, 5) is 11.4. The van der Waals surface area contributed by atoms with E-state index in [9.17, 15) is 15.0 Å². The standard InChI is InChI=1S/C28H49NO3/c1-3-4-5-6-7-8-9-10-11-12-13-14-15-19-22-27(30)24-29(2,25-28(31)32)23-26-20-17-16-18-21-26/h16-18,20-21,27,30H,3-15,19,22-25H2,1-2H3/p+1. The van der Waals surface area contributed by atoms with Crippen LogP contribution in [0.25, 0.3) is 0 Å². The number of carboxylic acids is 1. The Kier molecular flexibility index (Phi) is 16.2. The van der Waals surface area contributed by atoms with Crippen molar-refractivity contribution in [2.45, 2.75) is 116 Å². The number of nitrogens with zero attached hydrogens (tertiary/aromatic N) is 1. The van der Waals surface area contributed by atoms with Crippen LogP contribution in [0.15, 0.2) is 30.3 Å². The Morgan fingerprint density at radius 1 is 0.812 bits per heavy atom. The van der Waals surface area contributed by atoms with Crippen molar-refractivity contribution in [2.24, 2.45) is 0 Å². The molecule has 0 bridgehead atoms. The molecule has 0 aromatic heterocycles. The van der Waals surface area contributed by atoms with Crippen LogP contribution < -0.4 is 0 Å². The van der Waals surface area contributed by atoms with Gasteiger partial charge in [0.2, 0.25) is 0 Å². The van der Waals surface area contributed by atoms with E-state index < -0.39 is 12.1 Å². The molecule has 1 aromatic rings. The molecule has 0 saturated heterocycles. The third-order valence-electron chi connectivity index (χ3n) is 6.47. The van der Waals surface area contributed by atoms with Crippen LogP contribution in [0.5, 0.6) is 0 Å². The second kappa shape index (κ2) is 18.1. The Labute approximate surface area is 197 Å². The number of rotatable bonds is 21. The minimum atomic E-state index is -0.813. The number of carboxylic acid groups (broad SMARTS) is 1. The SMILES string of the molecule is CCCCCCCCCCCCCCCCC(O)C[N+](C)(CC(=O)O)Cc1ccccc1. The maximum absolute atomic E-state index is 11.4. The first-order chi connectivity index (χ1) is 15.4. The molecule has 1 rings (SSSR count).